The lowest BCUT2D eigenvalue weighted by Gasteiger charge is -2.12. The van der Waals surface area contributed by atoms with E-state index in [9.17, 15) is 10.1 Å². The Morgan fingerprint density at radius 3 is 2.76 bits per heavy atom. The van der Waals surface area contributed by atoms with E-state index in [-0.39, 0.29) is 17.5 Å². The van der Waals surface area contributed by atoms with Crippen molar-refractivity contribution < 1.29 is 14.4 Å². The molecule has 2 rings (SSSR count). The van der Waals surface area contributed by atoms with Crippen molar-refractivity contribution >= 4 is 5.69 Å². The number of nitrogens with two attached hydrogens (primary N) is 1. The molecule has 110 valence electrons. The molecule has 2 N–H and O–H groups in total. The van der Waals surface area contributed by atoms with Crippen LogP contribution in [0.15, 0.2) is 36.5 Å². The quantitative estimate of drug-likeness (QED) is 0.671. The average Bonchev–Trinajstić information content (AvgIpc) is 2.47. The predicted molar refractivity (Wildman–Crippen MR) is 76.6 cm³/mol. The van der Waals surface area contributed by atoms with Gasteiger partial charge in [-0.1, -0.05) is 6.07 Å². The Morgan fingerprint density at radius 1 is 1.38 bits per heavy atom. The molecule has 1 heterocycles. The van der Waals surface area contributed by atoms with Crippen LogP contribution in [-0.4, -0.2) is 17.0 Å². The van der Waals surface area contributed by atoms with Gasteiger partial charge in [0.15, 0.2) is 5.75 Å². The van der Waals surface area contributed by atoms with Gasteiger partial charge in [-0.15, -0.1) is 0 Å². The van der Waals surface area contributed by atoms with Crippen molar-refractivity contribution in [2.24, 2.45) is 5.73 Å². The number of nitro groups is 1. The minimum absolute atomic E-state index is 0.167. The largest absolute Gasteiger partial charge is 0.490 e. The molecule has 0 amide bonds. The van der Waals surface area contributed by atoms with Crippen LogP contribution in [0.1, 0.15) is 18.5 Å². The van der Waals surface area contributed by atoms with Crippen molar-refractivity contribution in [3.05, 3.63) is 52.2 Å². The second kappa shape index (κ2) is 6.19. The molecule has 0 bridgehead atoms. The molecule has 0 saturated heterocycles. The number of pyridine rings is 1. The third-order valence-electron chi connectivity index (χ3n) is 2.85. The third kappa shape index (κ3) is 3.26. The Balaban J connectivity index is 2.37. The molecule has 7 heteroatoms. The van der Waals surface area contributed by atoms with E-state index in [1.54, 1.807) is 31.3 Å². The lowest BCUT2D eigenvalue weighted by molar-refractivity contribution is -0.385. The Labute approximate surface area is 121 Å². The van der Waals surface area contributed by atoms with Gasteiger partial charge < -0.3 is 15.2 Å². The first-order valence-corrected chi connectivity index (χ1v) is 6.23. The van der Waals surface area contributed by atoms with Crippen molar-refractivity contribution in [1.29, 1.82) is 0 Å². The zero-order valence-corrected chi connectivity index (χ0v) is 11.6. The van der Waals surface area contributed by atoms with Crippen molar-refractivity contribution in [2.75, 3.05) is 7.11 Å². The van der Waals surface area contributed by atoms with Crippen LogP contribution < -0.4 is 15.2 Å². The number of nitro benzene ring substituents is 1. The van der Waals surface area contributed by atoms with Gasteiger partial charge >= 0.3 is 5.69 Å². The molecule has 0 aliphatic carbocycles. The van der Waals surface area contributed by atoms with Crippen LogP contribution in [-0.2, 0) is 0 Å². The maximum atomic E-state index is 11.0. The van der Waals surface area contributed by atoms with Crippen LogP contribution in [0, 0.1) is 10.1 Å². The van der Waals surface area contributed by atoms with Gasteiger partial charge in [-0.25, -0.2) is 4.98 Å². The molecule has 0 fully saturated rings. The van der Waals surface area contributed by atoms with E-state index in [0.717, 1.165) is 5.56 Å². The molecule has 1 aromatic heterocycles. The van der Waals surface area contributed by atoms with Crippen molar-refractivity contribution in [2.45, 2.75) is 13.0 Å². The maximum absolute atomic E-state index is 11.0. The Morgan fingerprint density at radius 2 is 2.14 bits per heavy atom. The Kier molecular flexibility index (Phi) is 4.34. The van der Waals surface area contributed by atoms with Gasteiger partial charge in [0.25, 0.3) is 0 Å². The number of hydrogen-bond acceptors (Lipinski definition) is 6. The SMILES string of the molecule is COc1ccc(Oc2ncccc2[C@@H](C)N)cc1[N+](=O)[O-]. The van der Waals surface area contributed by atoms with E-state index in [4.69, 9.17) is 15.2 Å². The van der Waals surface area contributed by atoms with E-state index in [1.165, 1.54) is 19.2 Å². The summed E-state index contributed by atoms with van der Waals surface area (Å²) in [5.41, 5.74) is 6.39. The molecule has 7 nitrogen and oxygen atoms in total. The standard InChI is InChI=1S/C14H15N3O4/c1-9(15)11-4-3-7-16-14(11)21-10-5-6-13(20-2)12(8-10)17(18)19/h3-9H,15H2,1-2H3/t9-/m1/s1. The first-order valence-electron chi connectivity index (χ1n) is 6.23. The van der Waals surface area contributed by atoms with Crippen LogP contribution >= 0.6 is 0 Å². The highest BCUT2D eigenvalue weighted by Gasteiger charge is 2.17. The number of rotatable bonds is 5. The molecule has 1 aromatic carbocycles. The Hall–Kier alpha value is -2.67. The van der Waals surface area contributed by atoms with Gasteiger partial charge in [0.2, 0.25) is 5.88 Å². The molecular formula is C14H15N3O4. The summed E-state index contributed by atoms with van der Waals surface area (Å²) in [4.78, 5) is 14.6. The fourth-order valence-electron chi connectivity index (χ4n) is 1.82. The van der Waals surface area contributed by atoms with Crippen LogP contribution in [0.5, 0.6) is 17.4 Å². The van der Waals surface area contributed by atoms with Gasteiger partial charge in [-0.2, -0.15) is 0 Å². The molecule has 0 spiro atoms. The smallest absolute Gasteiger partial charge is 0.314 e. The summed E-state index contributed by atoms with van der Waals surface area (Å²) in [7, 11) is 1.37. The number of methoxy groups -OCH3 is 1. The van der Waals surface area contributed by atoms with Crippen molar-refractivity contribution in [3.8, 4) is 17.4 Å². The number of hydrogen-bond donors (Lipinski definition) is 1. The lowest BCUT2D eigenvalue weighted by Crippen LogP contribution is -2.07. The molecule has 0 radical (unpaired) electrons. The predicted octanol–water partition coefficient (Wildman–Crippen LogP) is 2.81. The van der Waals surface area contributed by atoms with E-state index < -0.39 is 4.92 Å². The monoisotopic (exact) mass is 289 g/mol. The second-order valence-electron chi connectivity index (χ2n) is 4.38. The highest BCUT2D eigenvalue weighted by Crippen LogP contribution is 2.33. The molecule has 2 aromatic rings. The maximum Gasteiger partial charge on any atom is 0.314 e. The van der Waals surface area contributed by atoms with Crippen LogP contribution in [0.4, 0.5) is 5.69 Å². The summed E-state index contributed by atoms with van der Waals surface area (Å²) in [5, 5.41) is 11.0. The zero-order chi connectivity index (χ0) is 15.4. The molecule has 0 aliphatic heterocycles. The highest BCUT2D eigenvalue weighted by atomic mass is 16.6. The van der Waals surface area contributed by atoms with Gasteiger partial charge in [-0.05, 0) is 25.1 Å². The fraction of sp³-hybridized carbons (Fsp3) is 0.214. The second-order valence-corrected chi connectivity index (χ2v) is 4.38. The summed E-state index contributed by atoms with van der Waals surface area (Å²) in [6, 6.07) is 7.63. The normalized spacial score (nSPS) is 11.8. The van der Waals surface area contributed by atoms with Crippen LogP contribution in [0.3, 0.4) is 0 Å². The van der Waals surface area contributed by atoms with Gasteiger partial charge in [0.1, 0.15) is 5.75 Å². The molecular weight excluding hydrogens is 274 g/mol. The fourth-order valence-corrected chi connectivity index (χ4v) is 1.82. The highest BCUT2D eigenvalue weighted by molar-refractivity contribution is 5.51. The lowest BCUT2D eigenvalue weighted by atomic mass is 10.1. The summed E-state index contributed by atoms with van der Waals surface area (Å²) in [6.45, 7) is 1.81. The van der Waals surface area contributed by atoms with Gasteiger partial charge in [-0.3, -0.25) is 10.1 Å². The average molecular weight is 289 g/mol. The topological polar surface area (TPSA) is 101 Å². The van der Waals surface area contributed by atoms with Crippen molar-refractivity contribution in [1.82, 2.24) is 4.98 Å². The number of aromatic nitrogens is 1. The minimum Gasteiger partial charge on any atom is -0.490 e. The van der Waals surface area contributed by atoms with E-state index in [2.05, 4.69) is 4.98 Å². The minimum atomic E-state index is -0.531. The molecule has 0 aliphatic rings. The van der Waals surface area contributed by atoms with Crippen LogP contribution in [0.25, 0.3) is 0 Å². The molecule has 0 saturated carbocycles. The van der Waals surface area contributed by atoms with Crippen LogP contribution in [0.2, 0.25) is 0 Å². The van der Waals surface area contributed by atoms with E-state index in [0.29, 0.717) is 11.6 Å². The first kappa shape index (κ1) is 14.7. The molecule has 1 atom stereocenters. The van der Waals surface area contributed by atoms with Crippen molar-refractivity contribution in [3.63, 3.8) is 0 Å². The zero-order valence-electron chi connectivity index (χ0n) is 11.6. The summed E-state index contributed by atoms with van der Waals surface area (Å²) in [6.07, 6.45) is 1.57. The Bertz CT molecular complexity index is 658. The number of benzene rings is 1. The summed E-state index contributed by atoms with van der Waals surface area (Å²) in [5.74, 6) is 0.788. The van der Waals surface area contributed by atoms with Gasteiger partial charge in [0.05, 0.1) is 18.1 Å². The first-order chi connectivity index (χ1) is 10.0. The van der Waals surface area contributed by atoms with Gasteiger partial charge in [0, 0.05) is 17.8 Å². The van der Waals surface area contributed by atoms with E-state index in [1.807, 2.05) is 0 Å². The number of nitrogens with zero attached hydrogens (tertiary/aromatic N) is 2. The molecule has 21 heavy (non-hydrogen) atoms. The van der Waals surface area contributed by atoms with E-state index >= 15 is 0 Å². The molecule has 0 unspecified atom stereocenters. The third-order valence-corrected chi connectivity index (χ3v) is 2.85. The summed E-state index contributed by atoms with van der Waals surface area (Å²) < 4.78 is 10.6. The number of ether oxygens (including phenoxy) is 2. The summed E-state index contributed by atoms with van der Waals surface area (Å²) >= 11 is 0.